The molecule has 0 aliphatic heterocycles. The first kappa shape index (κ1) is 19.4. The minimum absolute atomic E-state index is 0.105. The summed E-state index contributed by atoms with van der Waals surface area (Å²) in [4.78, 5) is 32.3. The number of benzene rings is 2. The van der Waals surface area contributed by atoms with E-state index in [2.05, 4.69) is 30.8 Å². The summed E-state index contributed by atoms with van der Waals surface area (Å²) in [5.41, 5.74) is 4.12. The van der Waals surface area contributed by atoms with Gasteiger partial charge >= 0.3 is 0 Å². The lowest BCUT2D eigenvalue weighted by Crippen LogP contribution is -2.22. The van der Waals surface area contributed by atoms with Gasteiger partial charge in [-0.15, -0.1) is 0 Å². The van der Waals surface area contributed by atoms with E-state index in [4.69, 9.17) is 0 Å². The van der Waals surface area contributed by atoms with Crippen LogP contribution in [0, 0.1) is 5.92 Å². The van der Waals surface area contributed by atoms with Crippen LogP contribution in [0.15, 0.2) is 54.7 Å². The maximum absolute atomic E-state index is 12.5. The quantitative estimate of drug-likeness (QED) is 0.395. The molecule has 2 amide bonds. The van der Waals surface area contributed by atoms with Gasteiger partial charge in [-0.3, -0.25) is 14.7 Å². The molecule has 152 valence electrons. The Kier molecular flexibility index (Phi) is 5.30. The van der Waals surface area contributed by atoms with Gasteiger partial charge in [-0.05, 0) is 23.8 Å². The molecule has 0 unspecified atom stereocenters. The van der Waals surface area contributed by atoms with Crippen LogP contribution in [-0.4, -0.2) is 32.0 Å². The number of rotatable bonds is 6. The normalized spacial score (nSPS) is 11.0. The molecule has 0 radical (unpaired) electrons. The highest BCUT2D eigenvalue weighted by atomic mass is 16.2. The number of H-pyrrole nitrogens is 2. The standard InChI is InChI=1S/C22H22N6O2/c1-13(2)21(29)27-18-12-24-28-19(18)20-25-16-9-8-15(10-17(16)26-20)22(30)23-11-14-6-4-3-5-7-14/h3-10,12-13H,11H2,1-2H3,(H,23,30)(H,24,28)(H,25,26)(H,27,29). The zero-order valence-corrected chi connectivity index (χ0v) is 16.7. The van der Waals surface area contributed by atoms with Gasteiger partial charge in [0, 0.05) is 18.0 Å². The van der Waals surface area contributed by atoms with Crippen molar-refractivity contribution in [3.05, 3.63) is 65.9 Å². The summed E-state index contributed by atoms with van der Waals surface area (Å²) in [6.45, 7) is 4.10. The SMILES string of the molecule is CC(C)C(=O)Nc1cn[nH]c1-c1nc2ccc(C(=O)NCc3ccccc3)cc2[nH]1. The van der Waals surface area contributed by atoms with E-state index in [1.54, 1.807) is 24.4 Å². The maximum Gasteiger partial charge on any atom is 0.251 e. The van der Waals surface area contributed by atoms with Crippen molar-refractivity contribution in [1.29, 1.82) is 0 Å². The highest BCUT2D eigenvalue weighted by molar-refractivity contribution is 5.98. The summed E-state index contributed by atoms with van der Waals surface area (Å²) >= 11 is 0. The monoisotopic (exact) mass is 402 g/mol. The molecule has 0 aliphatic carbocycles. The third-order valence-corrected chi connectivity index (χ3v) is 4.70. The molecule has 0 bridgehead atoms. The van der Waals surface area contributed by atoms with Crippen LogP contribution in [0.4, 0.5) is 5.69 Å². The van der Waals surface area contributed by atoms with Crippen LogP contribution in [0.5, 0.6) is 0 Å². The van der Waals surface area contributed by atoms with E-state index in [9.17, 15) is 9.59 Å². The molecule has 0 atom stereocenters. The van der Waals surface area contributed by atoms with Crippen LogP contribution in [-0.2, 0) is 11.3 Å². The molecule has 0 saturated carbocycles. The lowest BCUT2D eigenvalue weighted by Gasteiger charge is -2.06. The number of anilines is 1. The van der Waals surface area contributed by atoms with E-state index >= 15 is 0 Å². The first-order valence-electron chi connectivity index (χ1n) is 9.68. The molecule has 30 heavy (non-hydrogen) atoms. The van der Waals surface area contributed by atoms with Crippen molar-refractivity contribution in [2.75, 3.05) is 5.32 Å². The first-order valence-corrected chi connectivity index (χ1v) is 9.68. The number of nitrogens with one attached hydrogen (secondary N) is 4. The summed E-state index contributed by atoms with van der Waals surface area (Å²) in [6.07, 6.45) is 1.55. The molecular formula is C22H22N6O2. The number of hydrogen-bond donors (Lipinski definition) is 4. The lowest BCUT2D eigenvalue weighted by atomic mass is 10.1. The van der Waals surface area contributed by atoms with Crippen molar-refractivity contribution < 1.29 is 9.59 Å². The van der Waals surface area contributed by atoms with E-state index in [0.29, 0.717) is 40.3 Å². The predicted molar refractivity (Wildman–Crippen MR) is 115 cm³/mol. The summed E-state index contributed by atoms with van der Waals surface area (Å²) in [5, 5.41) is 12.6. The fourth-order valence-corrected chi connectivity index (χ4v) is 2.99. The van der Waals surface area contributed by atoms with Crippen molar-refractivity contribution in [2.24, 2.45) is 5.92 Å². The number of imidazole rings is 1. The number of amides is 2. The van der Waals surface area contributed by atoms with Crippen LogP contribution < -0.4 is 10.6 Å². The van der Waals surface area contributed by atoms with Gasteiger partial charge in [-0.1, -0.05) is 44.2 Å². The van der Waals surface area contributed by atoms with E-state index in [1.165, 1.54) is 0 Å². The van der Waals surface area contributed by atoms with Gasteiger partial charge in [0.2, 0.25) is 5.91 Å². The Labute approximate surface area is 173 Å². The zero-order chi connectivity index (χ0) is 21.1. The Morgan fingerprint density at radius 2 is 1.90 bits per heavy atom. The number of aromatic nitrogens is 4. The summed E-state index contributed by atoms with van der Waals surface area (Å²) in [7, 11) is 0. The van der Waals surface area contributed by atoms with Crippen molar-refractivity contribution in [2.45, 2.75) is 20.4 Å². The first-order chi connectivity index (χ1) is 14.5. The molecule has 0 fully saturated rings. The van der Waals surface area contributed by atoms with Gasteiger partial charge in [-0.25, -0.2) is 4.98 Å². The third kappa shape index (κ3) is 4.07. The summed E-state index contributed by atoms with van der Waals surface area (Å²) in [5.74, 6) is 0.109. The second kappa shape index (κ2) is 8.20. The molecule has 0 saturated heterocycles. The largest absolute Gasteiger partial charge is 0.348 e. The van der Waals surface area contributed by atoms with Crippen molar-refractivity contribution in [3.63, 3.8) is 0 Å². The Hall–Kier alpha value is -3.94. The van der Waals surface area contributed by atoms with E-state index in [1.807, 2.05) is 44.2 Å². The molecular weight excluding hydrogens is 380 g/mol. The molecule has 2 aromatic carbocycles. The smallest absolute Gasteiger partial charge is 0.251 e. The van der Waals surface area contributed by atoms with Crippen molar-refractivity contribution in [1.82, 2.24) is 25.5 Å². The van der Waals surface area contributed by atoms with Crippen LogP contribution in [0.2, 0.25) is 0 Å². The second-order valence-corrected chi connectivity index (χ2v) is 7.29. The number of nitrogens with zero attached hydrogens (tertiary/aromatic N) is 2. The molecule has 4 N–H and O–H groups in total. The van der Waals surface area contributed by atoms with Crippen LogP contribution >= 0.6 is 0 Å². The van der Waals surface area contributed by atoms with E-state index in [-0.39, 0.29) is 17.7 Å². The number of fused-ring (bicyclic) bond motifs is 1. The van der Waals surface area contributed by atoms with Crippen LogP contribution in [0.1, 0.15) is 29.8 Å². The molecule has 2 heterocycles. The van der Waals surface area contributed by atoms with Gasteiger partial charge in [0.15, 0.2) is 5.82 Å². The molecule has 0 spiro atoms. The minimum atomic E-state index is -0.164. The van der Waals surface area contributed by atoms with E-state index in [0.717, 1.165) is 5.56 Å². The summed E-state index contributed by atoms with van der Waals surface area (Å²) < 4.78 is 0. The topological polar surface area (TPSA) is 116 Å². The van der Waals surface area contributed by atoms with E-state index < -0.39 is 0 Å². The Morgan fingerprint density at radius 3 is 2.67 bits per heavy atom. The van der Waals surface area contributed by atoms with Gasteiger partial charge in [0.25, 0.3) is 5.91 Å². The Morgan fingerprint density at radius 1 is 1.10 bits per heavy atom. The fourth-order valence-electron chi connectivity index (χ4n) is 2.99. The fraction of sp³-hybridized carbons (Fsp3) is 0.182. The lowest BCUT2D eigenvalue weighted by molar-refractivity contribution is -0.118. The highest BCUT2D eigenvalue weighted by Gasteiger charge is 2.16. The van der Waals surface area contributed by atoms with Gasteiger partial charge in [-0.2, -0.15) is 5.10 Å². The number of carbonyl (C=O) groups is 2. The zero-order valence-electron chi connectivity index (χ0n) is 16.7. The molecule has 2 aromatic heterocycles. The molecule has 0 aliphatic rings. The average molecular weight is 402 g/mol. The Balaban J connectivity index is 1.54. The van der Waals surface area contributed by atoms with Gasteiger partial charge in [0.05, 0.1) is 22.9 Å². The van der Waals surface area contributed by atoms with Crippen LogP contribution in [0.3, 0.4) is 0 Å². The number of carbonyl (C=O) groups excluding carboxylic acids is 2. The summed E-state index contributed by atoms with van der Waals surface area (Å²) in [6, 6.07) is 15.0. The van der Waals surface area contributed by atoms with Gasteiger partial charge in [0.1, 0.15) is 5.69 Å². The number of hydrogen-bond acceptors (Lipinski definition) is 4. The molecule has 4 aromatic rings. The average Bonchev–Trinajstić information content (AvgIpc) is 3.38. The minimum Gasteiger partial charge on any atom is -0.348 e. The van der Waals surface area contributed by atoms with Crippen molar-refractivity contribution in [3.8, 4) is 11.5 Å². The van der Waals surface area contributed by atoms with Crippen LogP contribution in [0.25, 0.3) is 22.6 Å². The molecule has 8 nitrogen and oxygen atoms in total. The van der Waals surface area contributed by atoms with Gasteiger partial charge < -0.3 is 15.6 Å². The molecule has 4 rings (SSSR count). The predicted octanol–water partition coefficient (Wildman–Crippen LogP) is 3.48. The maximum atomic E-state index is 12.5. The molecule has 8 heteroatoms. The Bertz CT molecular complexity index is 1190. The highest BCUT2D eigenvalue weighted by Crippen LogP contribution is 2.26. The van der Waals surface area contributed by atoms with Crippen molar-refractivity contribution >= 4 is 28.5 Å². The second-order valence-electron chi connectivity index (χ2n) is 7.29. The third-order valence-electron chi connectivity index (χ3n) is 4.70. The number of aromatic amines is 2.